The lowest BCUT2D eigenvalue weighted by Crippen LogP contribution is -2.02. The summed E-state index contributed by atoms with van der Waals surface area (Å²) >= 11 is 0. The van der Waals surface area contributed by atoms with Crippen LogP contribution in [-0.2, 0) is 11.2 Å². The third-order valence-electron chi connectivity index (χ3n) is 2.56. The van der Waals surface area contributed by atoms with Crippen molar-refractivity contribution in [1.29, 1.82) is 0 Å². The topological polar surface area (TPSA) is 47.3 Å². The van der Waals surface area contributed by atoms with Crippen LogP contribution in [-0.4, -0.2) is 20.2 Å². The zero-order chi connectivity index (χ0) is 11.7. The van der Waals surface area contributed by atoms with Gasteiger partial charge in [0, 0.05) is 18.8 Å². The molecule has 0 aliphatic carbocycles. The summed E-state index contributed by atoms with van der Waals surface area (Å²) in [5, 5.41) is 0. The number of aromatic nitrogens is 3. The van der Waals surface area contributed by atoms with Gasteiger partial charge in [-0.3, -0.25) is 9.20 Å². The number of Topliss-reactive ketones (excluding diaryl/α,β-unsaturated/α-hetero) is 1. The summed E-state index contributed by atoms with van der Waals surface area (Å²) < 4.78 is 1.90. The van der Waals surface area contributed by atoms with Crippen molar-refractivity contribution in [2.75, 3.05) is 0 Å². The maximum absolute atomic E-state index is 11.1. The molecular formula is C12H15N3O. The average Bonchev–Trinajstić information content (AvgIpc) is 2.60. The van der Waals surface area contributed by atoms with Gasteiger partial charge < -0.3 is 0 Å². The molecule has 2 rings (SSSR count). The number of carbonyl (C=O) groups excluding carboxylic acids is 1. The average molecular weight is 217 g/mol. The molecule has 0 N–H and O–H groups in total. The third kappa shape index (κ3) is 1.96. The molecule has 2 aromatic rings. The Morgan fingerprint density at radius 3 is 2.69 bits per heavy atom. The fourth-order valence-corrected chi connectivity index (χ4v) is 1.62. The molecule has 0 aliphatic heterocycles. The van der Waals surface area contributed by atoms with Crippen molar-refractivity contribution in [2.45, 2.75) is 33.1 Å². The molecule has 4 heteroatoms. The minimum atomic E-state index is 0.136. The molecular weight excluding hydrogens is 202 g/mol. The van der Waals surface area contributed by atoms with Crippen molar-refractivity contribution in [3.05, 3.63) is 29.8 Å². The zero-order valence-electron chi connectivity index (χ0n) is 9.77. The van der Waals surface area contributed by atoms with E-state index in [1.165, 1.54) is 0 Å². The molecule has 0 aromatic carbocycles. The van der Waals surface area contributed by atoms with Crippen LogP contribution in [0.25, 0.3) is 5.78 Å². The molecule has 0 saturated carbocycles. The van der Waals surface area contributed by atoms with Crippen LogP contribution >= 0.6 is 0 Å². The number of ketones is 1. The SMILES string of the molecule is CC(=O)Cc1cnc2ncc(C(C)C)cn12. The molecule has 84 valence electrons. The summed E-state index contributed by atoms with van der Waals surface area (Å²) in [7, 11) is 0. The quantitative estimate of drug-likeness (QED) is 0.789. The highest BCUT2D eigenvalue weighted by Gasteiger charge is 2.08. The van der Waals surface area contributed by atoms with Crippen molar-refractivity contribution < 1.29 is 4.79 Å². The maximum Gasteiger partial charge on any atom is 0.233 e. The second-order valence-electron chi connectivity index (χ2n) is 4.34. The first-order valence-corrected chi connectivity index (χ1v) is 5.39. The van der Waals surface area contributed by atoms with Gasteiger partial charge in [-0.15, -0.1) is 0 Å². The van der Waals surface area contributed by atoms with E-state index in [9.17, 15) is 4.79 Å². The summed E-state index contributed by atoms with van der Waals surface area (Å²) in [4.78, 5) is 19.6. The minimum absolute atomic E-state index is 0.136. The van der Waals surface area contributed by atoms with Crippen LogP contribution < -0.4 is 0 Å². The van der Waals surface area contributed by atoms with Gasteiger partial charge in [0.2, 0.25) is 5.78 Å². The Balaban J connectivity index is 2.51. The molecule has 0 spiro atoms. The zero-order valence-corrected chi connectivity index (χ0v) is 9.77. The molecule has 0 radical (unpaired) electrons. The molecule has 0 amide bonds. The number of imidazole rings is 1. The Bertz CT molecular complexity index is 528. The van der Waals surface area contributed by atoms with Crippen LogP contribution in [0.1, 0.15) is 37.9 Å². The Morgan fingerprint density at radius 2 is 2.06 bits per heavy atom. The van der Waals surface area contributed by atoms with Gasteiger partial charge >= 0.3 is 0 Å². The van der Waals surface area contributed by atoms with Crippen molar-refractivity contribution in [1.82, 2.24) is 14.4 Å². The van der Waals surface area contributed by atoms with Crippen molar-refractivity contribution >= 4 is 11.6 Å². The van der Waals surface area contributed by atoms with Crippen molar-refractivity contribution in [3.63, 3.8) is 0 Å². The summed E-state index contributed by atoms with van der Waals surface area (Å²) in [6.45, 7) is 5.81. The van der Waals surface area contributed by atoms with E-state index in [0.717, 1.165) is 11.3 Å². The van der Waals surface area contributed by atoms with E-state index in [4.69, 9.17) is 0 Å². The van der Waals surface area contributed by atoms with Crippen LogP contribution in [0.15, 0.2) is 18.6 Å². The van der Waals surface area contributed by atoms with E-state index in [-0.39, 0.29) is 5.78 Å². The van der Waals surface area contributed by atoms with Gasteiger partial charge in [0.15, 0.2) is 0 Å². The standard InChI is InChI=1S/C12H15N3O/c1-8(2)10-5-13-12-14-6-11(4-9(3)16)15(12)7-10/h5-8H,4H2,1-3H3. The fourth-order valence-electron chi connectivity index (χ4n) is 1.62. The number of nitrogens with zero attached hydrogens (tertiary/aromatic N) is 3. The highest BCUT2D eigenvalue weighted by molar-refractivity contribution is 5.77. The highest BCUT2D eigenvalue weighted by atomic mass is 16.1. The molecule has 16 heavy (non-hydrogen) atoms. The van der Waals surface area contributed by atoms with E-state index in [1.807, 2.05) is 16.8 Å². The molecule has 0 saturated heterocycles. The van der Waals surface area contributed by atoms with Crippen LogP contribution in [0.3, 0.4) is 0 Å². The number of hydrogen-bond donors (Lipinski definition) is 0. The number of carbonyl (C=O) groups is 1. The number of rotatable bonds is 3. The molecule has 0 fully saturated rings. The van der Waals surface area contributed by atoms with E-state index in [1.54, 1.807) is 13.1 Å². The second-order valence-corrected chi connectivity index (χ2v) is 4.34. The normalized spacial score (nSPS) is 11.2. The summed E-state index contributed by atoms with van der Waals surface area (Å²) in [5.41, 5.74) is 2.05. The van der Waals surface area contributed by atoms with Crippen LogP contribution in [0, 0.1) is 0 Å². The predicted octanol–water partition coefficient (Wildman–Crippen LogP) is 1.98. The molecule has 2 aromatic heterocycles. The van der Waals surface area contributed by atoms with Crippen LogP contribution in [0.5, 0.6) is 0 Å². The highest BCUT2D eigenvalue weighted by Crippen LogP contribution is 2.14. The predicted molar refractivity (Wildman–Crippen MR) is 61.5 cm³/mol. The Morgan fingerprint density at radius 1 is 1.38 bits per heavy atom. The smallest absolute Gasteiger partial charge is 0.233 e. The number of hydrogen-bond acceptors (Lipinski definition) is 3. The first-order chi connectivity index (χ1) is 7.58. The lowest BCUT2D eigenvalue weighted by Gasteiger charge is -2.06. The van der Waals surface area contributed by atoms with Gasteiger partial charge in [0.25, 0.3) is 0 Å². The van der Waals surface area contributed by atoms with Crippen molar-refractivity contribution in [2.24, 2.45) is 0 Å². The van der Waals surface area contributed by atoms with Gasteiger partial charge in [0.05, 0.1) is 11.9 Å². The minimum Gasteiger partial charge on any atom is -0.300 e. The third-order valence-corrected chi connectivity index (χ3v) is 2.56. The molecule has 0 unspecified atom stereocenters. The van der Waals surface area contributed by atoms with Gasteiger partial charge in [-0.25, -0.2) is 9.97 Å². The lowest BCUT2D eigenvalue weighted by atomic mass is 10.1. The van der Waals surface area contributed by atoms with Gasteiger partial charge in [-0.1, -0.05) is 13.8 Å². The van der Waals surface area contributed by atoms with Crippen LogP contribution in [0.2, 0.25) is 0 Å². The largest absolute Gasteiger partial charge is 0.300 e. The first kappa shape index (κ1) is 10.8. The Labute approximate surface area is 94.3 Å². The summed E-state index contributed by atoms with van der Waals surface area (Å²) in [6, 6.07) is 0. The molecule has 0 aliphatic rings. The lowest BCUT2D eigenvalue weighted by molar-refractivity contribution is -0.116. The van der Waals surface area contributed by atoms with Crippen LogP contribution in [0.4, 0.5) is 0 Å². The Hall–Kier alpha value is -1.71. The molecule has 0 atom stereocenters. The molecule has 4 nitrogen and oxygen atoms in total. The van der Waals surface area contributed by atoms with Gasteiger partial charge in [0.1, 0.15) is 5.78 Å². The van der Waals surface area contributed by atoms with E-state index in [2.05, 4.69) is 23.8 Å². The Kier molecular flexibility index (Phi) is 2.73. The van der Waals surface area contributed by atoms with Gasteiger partial charge in [-0.2, -0.15) is 0 Å². The van der Waals surface area contributed by atoms with E-state index < -0.39 is 0 Å². The monoisotopic (exact) mass is 217 g/mol. The summed E-state index contributed by atoms with van der Waals surface area (Å²) in [6.07, 6.45) is 5.97. The van der Waals surface area contributed by atoms with E-state index in [0.29, 0.717) is 18.1 Å². The molecule has 2 heterocycles. The fraction of sp³-hybridized carbons (Fsp3) is 0.417. The van der Waals surface area contributed by atoms with E-state index >= 15 is 0 Å². The molecule has 0 bridgehead atoms. The first-order valence-electron chi connectivity index (χ1n) is 5.39. The van der Waals surface area contributed by atoms with Gasteiger partial charge in [-0.05, 0) is 18.4 Å². The second kappa shape index (κ2) is 4.04. The maximum atomic E-state index is 11.1. The van der Waals surface area contributed by atoms with Crippen molar-refractivity contribution in [3.8, 4) is 0 Å². The number of fused-ring (bicyclic) bond motifs is 1. The summed E-state index contributed by atoms with van der Waals surface area (Å²) in [5.74, 6) is 1.21.